The predicted molar refractivity (Wildman–Crippen MR) is 80.7 cm³/mol. The lowest BCUT2D eigenvalue weighted by molar-refractivity contribution is -0.384. The van der Waals surface area contributed by atoms with Gasteiger partial charge < -0.3 is 10.1 Å². The first-order chi connectivity index (χ1) is 10.5. The quantitative estimate of drug-likeness (QED) is 0.518. The molecule has 7 heteroatoms. The summed E-state index contributed by atoms with van der Waals surface area (Å²) in [6.07, 6.45) is 1.66. The highest BCUT2D eigenvalue weighted by Gasteiger charge is 2.19. The predicted octanol–water partition coefficient (Wildman–Crippen LogP) is 2.95. The minimum absolute atomic E-state index is 0.130. The number of nitrogens with zero attached hydrogens (tertiary/aromatic N) is 2. The summed E-state index contributed by atoms with van der Waals surface area (Å²) in [6.45, 7) is 1.85. The zero-order chi connectivity index (χ0) is 16.1. The third-order valence-electron chi connectivity index (χ3n) is 3.12. The lowest BCUT2D eigenvalue weighted by Crippen LogP contribution is -2.10. The van der Waals surface area contributed by atoms with Crippen LogP contribution in [-0.4, -0.2) is 23.0 Å². The molecule has 0 unspecified atom stereocenters. The summed E-state index contributed by atoms with van der Waals surface area (Å²) >= 11 is 0. The molecule has 2 aromatic rings. The van der Waals surface area contributed by atoms with Gasteiger partial charge in [0.25, 0.3) is 5.69 Å². The van der Waals surface area contributed by atoms with Crippen LogP contribution in [0, 0.1) is 10.1 Å². The minimum atomic E-state index is -0.618. The molecule has 1 aromatic carbocycles. The van der Waals surface area contributed by atoms with E-state index in [0.717, 1.165) is 5.69 Å². The van der Waals surface area contributed by atoms with Crippen LogP contribution in [-0.2, 0) is 4.74 Å². The molecule has 0 fully saturated rings. The van der Waals surface area contributed by atoms with Crippen molar-refractivity contribution in [1.29, 1.82) is 0 Å². The standard InChI is InChI=1S/C15H15N3O4/c1-10(12-5-3-4-8-16-12)17-13-7-6-11(15(19)22-2)9-14(13)18(20)21/h3-10,17H,1-2H3/t10-/m0/s1. The highest BCUT2D eigenvalue weighted by Crippen LogP contribution is 2.29. The van der Waals surface area contributed by atoms with Crippen molar-refractivity contribution in [2.75, 3.05) is 12.4 Å². The first-order valence-corrected chi connectivity index (χ1v) is 6.57. The summed E-state index contributed by atoms with van der Waals surface area (Å²) in [4.78, 5) is 26.3. The van der Waals surface area contributed by atoms with Crippen LogP contribution in [0.4, 0.5) is 11.4 Å². The van der Waals surface area contributed by atoms with E-state index in [-0.39, 0.29) is 17.3 Å². The van der Waals surface area contributed by atoms with Gasteiger partial charge in [-0.15, -0.1) is 0 Å². The molecule has 1 atom stereocenters. The molecule has 0 aliphatic rings. The van der Waals surface area contributed by atoms with Gasteiger partial charge in [0.05, 0.1) is 29.3 Å². The average molecular weight is 301 g/mol. The molecular formula is C15H15N3O4. The number of methoxy groups -OCH3 is 1. The summed E-state index contributed by atoms with van der Waals surface area (Å²) in [5, 5.41) is 14.2. The van der Waals surface area contributed by atoms with E-state index in [0.29, 0.717) is 5.69 Å². The van der Waals surface area contributed by atoms with Gasteiger partial charge in [-0.05, 0) is 31.2 Å². The van der Waals surface area contributed by atoms with Gasteiger partial charge in [0.2, 0.25) is 0 Å². The molecule has 2 rings (SSSR count). The molecule has 0 spiro atoms. The molecule has 0 aliphatic carbocycles. The summed E-state index contributed by atoms with van der Waals surface area (Å²) < 4.78 is 4.57. The first-order valence-electron chi connectivity index (χ1n) is 6.57. The lowest BCUT2D eigenvalue weighted by atomic mass is 10.1. The number of anilines is 1. The van der Waals surface area contributed by atoms with Crippen molar-refractivity contribution >= 4 is 17.3 Å². The van der Waals surface area contributed by atoms with Crippen LogP contribution in [0.5, 0.6) is 0 Å². The second-order valence-corrected chi connectivity index (χ2v) is 4.60. The molecule has 0 saturated carbocycles. The topological polar surface area (TPSA) is 94.4 Å². The van der Waals surface area contributed by atoms with Crippen molar-refractivity contribution in [3.05, 3.63) is 64.0 Å². The Morgan fingerprint density at radius 3 is 2.73 bits per heavy atom. The van der Waals surface area contributed by atoms with E-state index in [2.05, 4.69) is 15.0 Å². The van der Waals surface area contributed by atoms with Crippen LogP contribution in [0.2, 0.25) is 0 Å². The van der Waals surface area contributed by atoms with E-state index in [1.54, 1.807) is 12.3 Å². The number of aromatic nitrogens is 1. The monoisotopic (exact) mass is 301 g/mol. The van der Waals surface area contributed by atoms with Crippen LogP contribution < -0.4 is 5.32 Å². The number of carbonyl (C=O) groups excluding carboxylic acids is 1. The Kier molecular flexibility index (Phi) is 4.67. The largest absolute Gasteiger partial charge is 0.465 e. The van der Waals surface area contributed by atoms with E-state index in [9.17, 15) is 14.9 Å². The Morgan fingerprint density at radius 2 is 2.14 bits per heavy atom. The molecular weight excluding hydrogens is 286 g/mol. The van der Waals surface area contributed by atoms with E-state index in [1.165, 1.54) is 25.3 Å². The zero-order valence-electron chi connectivity index (χ0n) is 12.1. The van der Waals surface area contributed by atoms with E-state index < -0.39 is 10.9 Å². The second-order valence-electron chi connectivity index (χ2n) is 4.60. The number of nitro groups is 1. The maximum Gasteiger partial charge on any atom is 0.338 e. The molecule has 114 valence electrons. The molecule has 1 heterocycles. The van der Waals surface area contributed by atoms with Gasteiger partial charge in [0, 0.05) is 12.3 Å². The van der Waals surface area contributed by atoms with E-state index >= 15 is 0 Å². The van der Waals surface area contributed by atoms with Gasteiger partial charge in [-0.3, -0.25) is 15.1 Å². The van der Waals surface area contributed by atoms with Crippen molar-refractivity contribution in [3.8, 4) is 0 Å². The molecule has 22 heavy (non-hydrogen) atoms. The van der Waals surface area contributed by atoms with Crippen molar-refractivity contribution < 1.29 is 14.5 Å². The van der Waals surface area contributed by atoms with Crippen LogP contribution in [0.1, 0.15) is 29.0 Å². The van der Waals surface area contributed by atoms with E-state index in [1.807, 2.05) is 19.1 Å². The van der Waals surface area contributed by atoms with Crippen molar-refractivity contribution in [2.24, 2.45) is 0 Å². The molecule has 1 aromatic heterocycles. The Hall–Kier alpha value is -2.96. The Balaban J connectivity index is 2.31. The van der Waals surface area contributed by atoms with Crippen molar-refractivity contribution in [3.63, 3.8) is 0 Å². The highest BCUT2D eigenvalue weighted by molar-refractivity contribution is 5.91. The van der Waals surface area contributed by atoms with Crippen LogP contribution in [0.15, 0.2) is 42.6 Å². The summed E-state index contributed by atoms with van der Waals surface area (Å²) in [5.41, 5.74) is 1.01. The number of pyridine rings is 1. The lowest BCUT2D eigenvalue weighted by Gasteiger charge is -2.15. The molecule has 7 nitrogen and oxygen atoms in total. The van der Waals surface area contributed by atoms with Gasteiger partial charge in [0.1, 0.15) is 5.69 Å². The molecule has 0 radical (unpaired) electrons. The number of carbonyl (C=O) groups is 1. The minimum Gasteiger partial charge on any atom is -0.465 e. The zero-order valence-corrected chi connectivity index (χ0v) is 12.1. The SMILES string of the molecule is COC(=O)c1ccc(N[C@@H](C)c2ccccn2)c([N+](=O)[O-])c1. The Bertz CT molecular complexity index is 688. The number of rotatable bonds is 5. The smallest absolute Gasteiger partial charge is 0.338 e. The highest BCUT2D eigenvalue weighted by atomic mass is 16.6. The molecule has 0 aliphatic heterocycles. The van der Waals surface area contributed by atoms with Gasteiger partial charge in [-0.2, -0.15) is 0 Å². The maximum absolute atomic E-state index is 11.5. The molecule has 0 amide bonds. The number of hydrogen-bond acceptors (Lipinski definition) is 6. The average Bonchev–Trinajstić information content (AvgIpc) is 2.55. The molecule has 1 N–H and O–H groups in total. The van der Waals surface area contributed by atoms with Gasteiger partial charge in [-0.25, -0.2) is 4.79 Å². The van der Waals surface area contributed by atoms with Crippen molar-refractivity contribution in [1.82, 2.24) is 4.98 Å². The molecule has 0 saturated heterocycles. The number of benzene rings is 1. The summed E-state index contributed by atoms with van der Waals surface area (Å²) in [5.74, 6) is -0.618. The number of esters is 1. The third-order valence-corrected chi connectivity index (χ3v) is 3.12. The summed E-state index contributed by atoms with van der Waals surface area (Å²) in [6, 6.07) is 9.41. The first kappa shape index (κ1) is 15.4. The van der Waals surface area contributed by atoms with Crippen LogP contribution in [0.3, 0.4) is 0 Å². The fourth-order valence-corrected chi connectivity index (χ4v) is 1.99. The number of ether oxygens (including phenoxy) is 1. The number of nitrogens with one attached hydrogen (secondary N) is 1. The van der Waals surface area contributed by atoms with E-state index in [4.69, 9.17) is 0 Å². The Morgan fingerprint density at radius 1 is 1.36 bits per heavy atom. The van der Waals surface area contributed by atoms with Crippen molar-refractivity contribution in [2.45, 2.75) is 13.0 Å². The Labute approximate surface area is 127 Å². The van der Waals surface area contributed by atoms with Crippen LogP contribution in [0.25, 0.3) is 0 Å². The second kappa shape index (κ2) is 6.66. The summed E-state index contributed by atoms with van der Waals surface area (Å²) in [7, 11) is 1.23. The van der Waals surface area contributed by atoms with Gasteiger partial charge >= 0.3 is 5.97 Å². The maximum atomic E-state index is 11.5. The normalized spacial score (nSPS) is 11.5. The fourth-order valence-electron chi connectivity index (χ4n) is 1.99. The molecule has 0 bridgehead atoms. The number of nitro benzene ring substituents is 1. The number of hydrogen-bond donors (Lipinski definition) is 1. The fraction of sp³-hybridized carbons (Fsp3) is 0.200. The van der Waals surface area contributed by atoms with Crippen LogP contribution >= 0.6 is 0 Å². The van der Waals surface area contributed by atoms with Gasteiger partial charge in [0.15, 0.2) is 0 Å². The third kappa shape index (κ3) is 3.38. The van der Waals surface area contributed by atoms with Gasteiger partial charge in [-0.1, -0.05) is 6.07 Å².